The van der Waals surface area contributed by atoms with Crippen molar-refractivity contribution in [3.63, 3.8) is 0 Å². The van der Waals surface area contributed by atoms with Crippen LogP contribution in [0.15, 0.2) is 0 Å². The highest BCUT2D eigenvalue weighted by molar-refractivity contribution is 4.88. The van der Waals surface area contributed by atoms with Crippen molar-refractivity contribution >= 4 is 0 Å². The summed E-state index contributed by atoms with van der Waals surface area (Å²) in [5, 5.41) is 3.84. The average molecular weight is 280 g/mol. The van der Waals surface area contributed by atoms with Gasteiger partial charge in [-0.05, 0) is 44.1 Å². The van der Waals surface area contributed by atoms with Crippen LogP contribution in [-0.4, -0.2) is 36.6 Å². The predicted molar refractivity (Wildman–Crippen MR) is 88.1 cm³/mol. The molecule has 0 amide bonds. The van der Waals surface area contributed by atoms with Crippen molar-refractivity contribution in [3.8, 4) is 0 Å². The van der Waals surface area contributed by atoms with Crippen LogP contribution >= 0.6 is 0 Å². The Bertz CT molecular complexity index is 258. The smallest absolute Gasteiger partial charge is 0.0198 e. The van der Waals surface area contributed by atoms with Crippen LogP contribution in [0.2, 0.25) is 0 Å². The fraction of sp³-hybridized carbons (Fsp3) is 1.00. The summed E-state index contributed by atoms with van der Waals surface area (Å²) in [6.45, 7) is 10.8. The van der Waals surface area contributed by atoms with Crippen LogP contribution in [-0.2, 0) is 0 Å². The van der Waals surface area contributed by atoms with E-state index in [0.29, 0.717) is 0 Å². The molecule has 2 unspecified atom stereocenters. The number of unbranched alkanes of at least 4 members (excludes halogenated alkanes) is 1. The zero-order valence-corrected chi connectivity index (χ0v) is 14.0. The Balaban J connectivity index is 1.87. The van der Waals surface area contributed by atoms with Gasteiger partial charge < -0.3 is 5.32 Å². The van der Waals surface area contributed by atoms with Crippen LogP contribution in [0.1, 0.15) is 72.1 Å². The summed E-state index contributed by atoms with van der Waals surface area (Å²) in [6, 6.07) is 1.65. The summed E-state index contributed by atoms with van der Waals surface area (Å²) in [5.41, 5.74) is 0. The Morgan fingerprint density at radius 3 is 2.55 bits per heavy atom. The summed E-state index contributed by atoms with van der Waals surface area (Å²) in [4.78, 5) is 2.84. The molecule has 0 radical (unpaired) electrons. The van der Waals surface area contributed by atoms with E-state index in [1.54, 1.807) is 0 Å². The van der Waals surface area contributed by atoms with Gasteiger partial charge in [0.2, 0.25) is 0 Å². The molecule has 0 aromatic carbocycles. The van der Waals surface area contributed by atoms with Crippen molar-refractivity contribution in [2.75, 3.05) is 19.6 Å². The van der Waals surface area contributed by atoms with E-state index in [0.717, 1.165) is 23.9 Å². The minimum Gasteiger partial charge on any atom is -0.312 e. The molecule has 2 rings (SSSR count). The molecule has 2 fully saturated rings. The number of hydrogen-bond donors (Lipinski definition) is 1. The normalized spacial score (nSPS) is 29.4. The van der Waals surface area contributed by atoms with Crippen LogP contribution in [0.25, 0.3) is 0 Å². The summed E-state index contributed by atoms with van der Waals surface area (Å²) >= 11 is 0. The Morgan fingerprint density at radius 2 is 1.90 bits per heavy atom. The minimum absolute atomic E-state index is 0.744. The fourth-order valence-electron chi connectivity index (χ4n) is 4.06. The number of nitrogens with zero attached hydrogens (tertiary/aromatic N) is 1. The zero-order chi connectivity index (χ0) is 14.4. The molecule has 20 heavy (non-hydrogen) atoms. The molecule has 2 atom stereocenters. The Morgan fingerprint density at radius 1 is 1.15 bits per heavy atom. The minimum atomic E-state index is 0.744. The van der Waals surface area contributed by atoms with E-state index in [4.69, 9.17) is 0 Å². The van der Waals surface area contributed by atoms with Gasteiger partial charge in [-0.3, -0.25) is 4.90 Å². The molecule has 0 bridgehead atoms. The Kier molecular flexibility index (Phi) is 6.83. The van der Waals surface area contributed by atoms with E-state index in [1.807, 2.05) is 0 Å². The Labute approximate surface area is 126 Å². The van der Waals surface area contributed by atoms with Crippen LogP contribution in [0.5, 0.6) is 0 Å². The first-order valence-corrected chi connectivity index (χ1v) is 9.16. The molecule has 1 aliphatic heterocycles. The lowest BCUT2D eigenvalue weighted by Gasteiger charge is -2.41. The molecule has 1 N–H and O–H groups in total. The molecule has 0 aromatic rings. The van der Waals surface area contributed by atoms with Crippen molar-refractivity contribution in [1.82, 2.24) is 10.2 Å². The fourth-order valence-corrected chi connectivity index (χ4v) is 4.06. The van der Waals surface area contributed by atoms with Gasteiger partial charge in [0.15, 0.2) is 0 Å². The first-order chi connectivity index (χ1) is 9.69. The van der Waals surface area contributed by atoms with Crippen molar-refractivity contribution < 1.29 is 0 Å². The number of likely N-dealkylation sites (tertiary alicyclic amines) is 1. The second kappa shape index (κ2) is 8.38. The SMILES string of the molecule is CCCCC1CC(NCC(C)C)CN(C2CCCC2)C1. The molecular formula is C18H36N2. The van der Waals surface area contributed by atoms with E-state index in [9.17, 15) is 0 Å². The largest absolute Gasteiger partial charge is 0.312 e. The zero-order valence-electron chi connectivity index (χ0n) is 14.0. The summed E-state index contributed by atoms with van der Waals surface area (Å²) in [6.07, 6.45) is 11.5. The second-order valence-electron chi connectivity index (χ2n) is 7.64. The number of hydrogen-bond acceptors (Lipinski definition) is 2. The molecule has 0 spiro atoms. The number of nitrogens with one attached hydrogen (secondary N) is 1. The third-order valence-electron chi connectivity index (χ3n) is 5.19. The second-order valence-corrected chi connectivity index (χ2v) is 7.64. The molecule has 1 aliphatic carbocycles. The van der Waals surface area contributed by atoms with E-state index < -0.39 is 0 Å². The maximum atomic E-state index is 3.84. The van der Waals surface area contributed by atoms with Crippen molar-refractivity contribution in [1.29, 1.82) is 0 Å². The van der Waals surface area contributed by atoms with Crippen molar-refractivity contribution in [2.24, 2.45) is 11.8 Å². The van der Waals surface area contributed by atoms with Gasteiger partial charge in [0.05, 0.1) is 0 Å². The van der Waals surface area contributed by atoms with Gasteiger partial charge in [0, 0.05) is 25.2 Å². The molecule has 1 saturated carbocycles. The maximum Gasteiger partial charge on any atom is 0.0198 e. The van der Waals surface area contributed by atoms with Gasteiger partial charge in [-0.25, -0.2) is 0 Å². The standard InChI is InChI=1S/C18H36N2/c1-4-5-8-16-11-17(19-12-15(2)3)14-20(13-16)18-9-6-7-10-18/h15-19H,4-14H2,1-3H3. The maximum absolute atomic E-state index is 3.84. The molecule has 2 aliphatic rings. The third-order valence-corrected chi connectivity index (χ3v) is 5.19. The van der Waals surface area contributed by atoms with Gasteiger partial charge >= 0.3 is 0 Å². The van der Waals surface area contributed by atoms with Crippen LogP contribution in [0, 0.1) is 11.8 Å². The van der Waals surface area contributed by atoms with Crippen molar-refractivity contribution in [2.45, 2.75) is 84.2 Å². The van der Waals surface area contributed by atoms with Gasteiger partial charge in [0.25, 0.3) is 0 Å². The Hall–Kier alpha value is -0.0800. The van der Waals surface area contributed by atoms with E-state index in [2.05, 4.69) is 31.0 Å². The van der Waals surface area contributed by atoms with E-state index >= 15 is 0 Å². The van der Waals surface area contributed by atoms with Gasteiger partial charge in [-0.15, -0.1) is 0 Å². The molecule has 2 nitrogen and oxygen atoms in total. The molecule has 0 aromatic heterocycles. The first kappa shape index (κ1) is 16.3. The van der Waals surface area contributed by atoms with Crippen LogP contribution < -0.4 is 5.32 Å². The lowest BCUT2D eigenvalue weighted by molar-refractivity contribution is 0.0934. The van der Waals surface area contributed by atoms with Crippen LogP contribution in [0.4, 0.5) is 0 Å². The quantitative estimate of drug-likeness (QED) is 0.756. The molecule has 1 saturated heterocycles. The molecular weight excluding hydrogens is 244 g/mol. The van der Waals surface area contributed by atoms with E-state index in [-0.39, 0.29) is 0 Å². The number of rotatable bonds is 7. The van der Waals surface area contributed by atoms with Crippen LogP contribution in [0.3, 0.4) is 0 Å². The van der Waals surface area contributed by atoms with Gasteiger partial charge in [0.1, 0.15) is 0 Å². The molecule has 118 valence electrons. The summed E-state index contributed by atoms with van der Waals surface area (Å²) < 4.78 is 0. The lowest BCUT2D eigenvalue weighted by Crippen LogP contribution is -2.52. The lowest BCUT2D eigenvalue weighted by atomic mass is 9.88. The van der Waals surface area contributed by atoms with Gasteiger partial charge in [-0.1, -0.05) is 46.5 Å². The third kappa shape index (κ3) is 5.04. The topological polar surface area (TPSA) is 15.3 Å². The number of piperidine rings is 1. The first-order valence-electron chi connectivity index (χ1n) is 9.16. The summed E-state index contributed by atoms with van der Waals surface area (Å²) in [7, 11) is 0. The van der Waals surface area contributed by atoms with Gasteiger partial charge in [-0.2, -0.15) is 0 Å². The van der Waals surface area contributed by atoms with E-state index in [1.165, 1.54) is 71.0 Å². The highest BCUT2D eigenvalue weighted by Gasteiger charge is 2.31. The highest BCUT2D eigenvalue weighted by Crippen LogP contribution is 2.29. The monoisotopic (exact) mass is 280 g/mol. The predicted octanol–water partition coefficient (Wildman–Crippen LogP) is 4.06. The summed E-state index contributed by atoms with van der Waals surface area (Å²) in [5.74, 6) is 1.71. The molecule has 1 heterocycles. The highest BCUT2D eigenvalue weighted by atomic mass is 15.2. The molecule has 2 heteroatoms. The van der Waals surface area contributed by atoms with Crippen molar-refractivity contribution in [3.05, 3.63) is 0 Å². The average Bonchev–Trinajstić information content (AvgIpc) is 2.97.